The molecule has 1 atom stereocenters. The first-order valence-corrected chi connectivity index (χ1v) is 8.12. The Morgan fingerprint density at radius 1 is 1.45 bits per heavy atom. The zero-order valence-corrected chi connectivity index (χ0v) is 13.0. The number of aryl methyl sites for hydroxylation is 1. The molecule has 0 aliphatic carbocycles. The van der Waals surface area contributed by atoms with Crippen LogP contribution in [0.5, 0.6) is 0 Å². The minimum absolute atomic E-state index is 0.248. The van der Waals surface area contributed by atoms with E-state index in [4.69, 9.17) is 10.5 Å². The van der Waals surface area contributed by atoms with Crippen LogP contribution in [-0.4, -0.2) is 44.1 Å². The van der Waals surface area contributed by atoms with Crippen LogP contribution in [-0.2, 0) is 14.8 Å². The number of nitrogens with two attached hydrogens (primary N) is 1. The molecule has 0 saturated carbocycles. The number of hydrogen-bond acceptors (Lipinski definition) is 4. The first kappa shape index (κ1) is 15.4. The Balaban J connectivity index is 2.40. The van der Waals surface area contributed by atoms with Gasteiger partial charge in [-0.15, -0.1) is 0 Å². The average molecular weight is 298 g/mol. The minimum Gasteiger partial charge on any atom is -0.374 e. The lowest BCUT2D eigenvalue weighted by atomic mass is 10.0. The average Bonchev–Trinajstić information content (AvgIpc) is 2.38. The Kier molecular flexibility index (Phi) is 4.20. The normalized spacial score (nSPS) is 23.7. The molecule has 2 N–H and O–H groups in total. The van der Waals surface area contributed by atoms with Crippen LogP contribution in [0.2, 0.25) is 0 Å². The third-order valence-electron chi connectivity index (χ3n) is 3.56. The highest BCUT2D eigenvalue weighted by molar-refractivity contribution is 7.89. The molecule has 1 fully saturated rings. The molecule has 0 bridgehead atoms. The van der Waals surface area contributed by atoms with Gasteiger partial charge in [-0.1, -0.05) is 12.1 Å². The predicted octanol–water partition coefficient (Wildman–Crippen LogP) is 1.12. The highest BCUT2D eigenvalue weighted by atomic mass is 32.2. The summed E-state index contributed by atoms with van der Waals surface area (Å²) >= 11 is 0. The maximum atomic E-state index is 12.8. The van der Waals surface area contributed by atoms with Crippen LogP contribution in [0.25, 0.3) is 0 Å². The Morgan fingerprint density at radius 2 is 2.15 bits per heavy atom. The number of rotatable bonds is 3. The van der Waals surface area contributed by atoms with Crippen molar-refractivity contribution in [2.75, 3.05) is 19.7 Å². The van der Waals surface area contributed by atoms with E-state index < -0.39 is 15.6 Å². The lowest BCUT2D eigenvalue weighted by Crippen LogP contribution is -2.59. The van der Waals surface area contributed by atoms with E-state index in [2.05, 4.69) is 0 Å². The van der Waals surface area contributed by atoms with E-state index in [9.17, 15) is 8.42 Å². The van der Waals surface area contributed by atoms with Crippen molar-refractivity contribution < 1.29 is 13.2 Å². The fourth-order valence-corrected chi connectivity index (χ4v) is 4.25. The number of ether oxygens (including phenoxy) is 1. The summed E-state index contributed by atoms with van der Waals surface area (Å²) < 4.78 is 32.8. The third kappa shape index (κ3) is 2.88. The van der Waals surface area contributed by atoms with Gasteiger partial charge in [0.2, 0.25) is 10.0 Å². The van der Waals surface area contributed by atoms with Gasteiger partial charge in [-0.05, 0) is 38.5 Å². The molecule has 1 saturated heterocycles. The highest BCUT2D eigenvalue weighted by Crippen LogP contribution is 2.29. The van der Waals surface area contributed by atoms with Crippen LogP contribution in [0.3, 0.4) is 0 Å². The Hall–Kier alpha value is -0.950. The van der Waals surface area contributed by atoms with Crippen molar-refractivity contribution in [3.05, 3.63) is 29.8 Å². The van der Waals surface area contributed by atoms with E-state index in [-0.39, 0.29) is 6.10 Å². The van der Waals surface area contributed by atoms with Crippen molar-refractivity contribution in [1.29, 1.82) is 0 Å². The molecule has 0 radical (unpaired) electrons. The van der Waals surface area contributed by atoms with Gasteiger partial charge in [0, 0.05) is 13.1 Å². The molecule has 2 rings (SSSR count). The lowest BCUT2D eigenvalue weighted by molar-refractivity contribution is -0.0590. The van der Waals surface area contributed by atoms with Crippen LogP contribution >= 0.6 is 0 Å². The molecule has 1 unspecified atom stereocenters. The monoisotopic (exact) mass is 298 g/mol. The summed E-state index contributed by atoms with van der Waals surface area (Å²) in [5.41, 5.74) is 5.96. The van der Waals surface area contributed by atoms with E-state index >= 15 is 0 Å². The maximum absolute atomic E-state index is 12.8. The van der Waals surface area contributed by atoms with E-state index in [1.54, 1.807) is 18.2 Å². The SMILES string of the molecule is Cc1cccc(S(=O)(=O)N2CC(CN)OCC2(C)C)c1. The fourth-order valence-electron chi connectivity index (χ4n) is 2.35. The molecule has 1 heterocycles. The molecule has 112 valence electrons. The topological polar surface area (TPSA) is 72.6 Å². The largest absolute Gasteiger partial charge is 0.374 e. The minimum atomic E-state index is -3.54. The Bertz CT molecular complexity index is 584. The zero-order chi connectivity index (χ0) is 15.0. The van der Waals surface area contributed by atoms with Crippen molar-refractivity contribution >= 4 is 10.0 Å². The van der Waals surface area contributed by atoms with Crippen LogP contribution in [0.4, 0.5) is 0 Å². The molecule has 0 spiro atoms. The first-order valence-electron chi connectivity index (χ1n) is 6.68. The van der Waals surface area contributed by atoms with E-state index in [1.165, 1.54) is 4.31 Å². The molecule has 20 heavy (non-hydrogen) atoms. The van der Waals surface area contributed by atoms with Gasteiger partial charge in [-0.3, -0.25) is 0 Å². The van der Waals surface area contributed by atoms with E-state index in [0.717, 1.165) is 5.56 Å². The molecule has 1 aromatic rings. The summed E-state index contributed by atoms with van der Waals surface area (Å²) in [7, 11) is -3.54. The van der Waals surface area contributed by atoms with Gasteiger partial charge >= 0.3 is 0 Å². The van der Waals surface area contributed by atoms with Gasteiger partial charge in [0.05, 0.1) is 23.1 Å². The molecule has 1 aliphatic rings. The van der Waals surface area contributed by atoms with E-state index in [1.807, 2.05) is 26.8 Å². The molecule has 1 aromatic carbocycles. The molecular weight excluding hydrogens is 276 g/mol. The number of morpholine rings is 1. The molecule has 0 aromatic heterocycles. The standard InChI is InChI=1S/C14H22N2O3S/c1-11-5-4-6-13(7-11)20(17,18)16-9-12(8-15)19-10-14(16,2)3/h4-7,12H,8-10,15H2,1-3H3. The van der Waals surface area contributed by atoms with E-state index in [0.29, 0.717) is 24.6 Å². The number of sulfonamides is 1. The molecule has 6 heteroatoms. The summed E-state index contributed by atoms with van der Waals surface area (Å²) in [5.74, 6) is 0. The number of nitrogens with zero attached hydrogens (tertiary/aromatic N) is 1. The number of benzene rings is 1. The molecule has 1 aliphatic heterocycles. The zero-order valence-electron chi connectivity index (χ0n) is 12.2. The van der Waals surface area contributed by atoms with Crippen molar-refractivity contribution in [2.24, 2.45) is 5.73 Å². The third-order valence-corrected chi connectivity index (χ3v) is 5.63. The first-order chi connectivity index (χ1) is 9.27. The van der Waals surface area contributed by atoms with Crippen molar-refractivity contribution in [3.8, 4) is 0 Å². The highest BCUT2D eigenvalue weighted by Gasteiger charge is 2.42. The molecule has 5 nitrogen and oxygen atoms in total. The van der Waals surface area contributed by atoms with Crippen LogP contribution < -0.4 is 5.73 Å². The number of hydrogen-bond donors (Lipinski definition) is 1. The summed E-state index contributed by atoms with van der Waals surface area (Å²) in [6, 6.07) is 6.96. The summed E-state index contributed by atoms with van der Waals surface area (Å²) in [5, 5.41) is 0. The van der Waals surface area contributed by atoms with Gasteiger partial charge < -0.3 is 10.5 Å². The second-order valence-electron chi connectivity index (χ2n) is 5.83. The Labute approximate surface area is 120 Å². The van der Waals surface area contributed by atoms with Gasteiger partial charge in [-0.25, -0.2) is 8.42 Å². The van der Waals surface area contributed by atoms with Crippen LogP contribution in [0.15, 0.2) is 29.2 Å². The van der Waals surface area contributed by atoms with Crippen molar-refractivity contribution in [1.82, 2.24) is 4.31 Å². The van der Waals surface area contributed by atoms with Gasteiger partial charge in [0.1, 0.15) is 0 Å². The fraction of sp³-hybridized carbons (Fsp3) is 0.571. The van der Waals surface area contributed by atoms with Crippen LogP contribution in [0, 0.1) is 6.92 Å². The summed E-state index contributed by atoms with van der Waals surface area (Å²) in [4.78, 5) is 0.322. The Morgan fingerprint density at radius 3 is 2.75 bits per heavy atom. The second-order valence-corrected chi connectivity index (χ2v) is 7.70. The smallest absolute Gasteiger partial charge is 0.243 e. The second kappa shape index (κ2) is 5.44. The lowest BCUT2D eigenvalue weighted by Gasteiger charge is -2.43. The van der Waals surface area contributed by atoms with Gasteiger partial charge in [0.25, 0.3) is 0 Å². The predicted molar refractivity (Wildman–Crippen MR) is 77.9 cm³/mol. The van der Waals surface area contributed by atoms with Crippen LogP contribution in [0.1, 0.15) is 19.4 Å². The van der Waals surface area contributed by atoms with Gasteiger partial charge in [-0.2, -0.15) is 4.31 Å². The molecule has 0 amide bonds. The van der Waals surface area contributed by atoms with Crippen molar-refractivity contribution in [3.63, 3.8) is 0 Å². The quantitative estimate of drug-likeness (QED) is 0.907. The maximum Gasteiger partial charge on any atom is 0.243 e. The molecular formula is C14H22N2O3S. The summed E-state index contributed by atoms with van der Waals surface area (Å²) in [6.07, 6.45) is -0.248. The summed E-state index contributed by atoms with van der Waals surface area (Å²) in [6.45, 7) is 6.57. The van der Waals surface area contributed by atoms with Crippen molar-refractivity contribution in [2.45, 2.75) is 37.3 Å². The van der Waals surface area contributed by atoms with Gasteiger partial charge in [0.15, 0.2) is 0 Å².